The Bertz CT molecular complexity index is 1290. The molecular formula is C23H13ClF3N3O3. The lowest BCUT2D eigenvalue weighted by Gasteiger charge is -2.05. The average molecular weight is 472 g/mol. The fraction of sp³-hybridized carbons (Fsp3) is 0.0435. The summed E-state index contributed by atoms with van der Waals surface area (Å²) in [6.45, 7) is 0. The zero-order chi connectivity index (χ0) is 23.2. The Morgan fingerprint density at radius 2 is 1.61 bits per heavy atom. The van der Waals surface area contributed by atoms with Crippen LogP contribution in [0.4, 0.5) is 23.7 Å². The first-order valence-electron chi connectivity index (χ1n) is 9.60. The lowest BCUT2D eigenvalue weighted by atomic mass is 10.0. The van der Waals surface area contributed by atoms with Gasteiger partial charge in [-0.25, -0.2) is 9.18 Å². The summed E-state index contributed by atoms with van der Waals surface area (Å²) >= 11 is 5.98. The molecule has 5 rings (SSSR count). The van der Waals surface area contributed by atoms with Crippen LogP contribution in [-0.4, -0.2) is 22.1 Å². The molecular weight excluding hydrogens is 459 g/mol. The van der Waals surface area contributed by atoms with E-state index < -0.39 is 18.1 Å². The number of carbonyl (C=O) groups is 1. The predicted octanol–water partition coefficient (Wildman–Crippen LogP) is 6.41. The topological polar surface area (TPSA) is 65.4 Å². The first-order valence-corrected chi connectivity index (χ1v) is 9.98. The van der Waals surface area contributed by atoms with Gasteiger partial charge < -0.3 is 14.8 Å². The first kappa shape index (κ1) is 20.9. The van der Waals surface area contributed by atoms with Crippen LogP contribution in [0.15, 0.2) is 72.9 Å². The van der Waals surface area contributed by atoms with Gasteiger partial charge in [0.15, 0.2) is 11.5 Å². The number of aromatic nitrogens is 2. The minimum absolute atomic E-state index is 0.138. The van der Waals surface area contributed by atoms with Crippen molar-refractivity contribution in [1.82, 2.24) is 9.78 Å². The standard InChI is InChI=1S/C23H13ClF3N3O3/c24-15-5-1-13(2-6-15)18-12-30(29-21(18)14-3-7-16(25)8-4-14)22(31)28-17-9-10-19-20(11-17)33-23(26,27)32-19/h1-12H,(H,28,31). The summed E-state index contributed by atoms with van der Waals surface area (Å²) in [6, 6.07) is 15.9. The zero-order valence-corrected chi connectivity index (χ0v) is 17.3. The largest absolute Gasteiger partial charge is 0.586 e. The maximum Gasteiger partial charge on any atom is 0.586 e. The molecule has 1 aliphatic heterocycles. The molecule has 0 saturated carbocycles. The van der Waals surface area contributed by atoms with Crippen molar-refractivity contribution in [3.8, 4) is 33.9 Å². The summed E-state index contributed by atoms with van der Waals surface area (Å²) in [4.78, 5) is 12.9. The van der Waals surface area contributed by atoms with E-state index in [0.29, 0.717) is 21.8 Å². The van der Waals surface area contributed by atoms with E-state index in [1.165, 1.54) is 36.5 Å². The van der Waals surface area contributed by atoms with Crippen LogP contribution in [0.2, 0.25) is 5.02 Å². The number of anilines is 1. The molecule has 166 valence electrons. The van der Waals surface area contributed by atoms with Gasteiger partial charge in [0.05, 0.1) is 0 Å². The number of halogens is 4. The molecule has 0 radical (unpaired) electrons. The second kappa shape index (κ2) is 7.86. The Hall–Kier alpha value is -3.98. The quantitative estimate of drug-likeness (QED) is 0.375. The van der Waals surface area contributed by atoms with Crippen LogP contribution in [0.1, 0.15) is 0 Å². The molecule has 0 aliphatic carbocycles. The highest BCUT2D eigenvalue weighted by Crippen LogP contribution is 2.42. The van der Waals surface area contributed by atoms with Crippen molar-refractivity contribution < 1.29 is 27.4 Å². The van der Waals surface area contributed by atoms with E-state index in [0.717, 1.165) is 10.2 Å². The van der Waals surface area contributed by atoms with E-state index in [1.807, 2.05) is 0 Å². The van der Waals surface area contributed by atoms with Gasteiger partial charge in [-0.15, -0.1) is 8.78 Å². The summed E-state index contributed by atoms with van der Waals surface area (Å²) in [5, 5.41) is 7.49. The van der Waals surface area contributed by atoms with Crippen LogP contribution in [0.5, 0.6) is 11.5 Å². The van der Waals surface area contributed by atoms with Gasteiger partial charge in [-0.3, -0.25) is 0 Å². The van der Waals surface area contributed by atoms with Crippen LogP contribution in [-0.2, 0) is 0 Å². The normalized spacial score (nSPS) is 13.7. The minimum Gasteiger partial charge on any atom is -0.395 e. The fourth-order valence-corrected chi connectivity index (χ4v) is 3.47. The molecule has 10 heteroatoms. The average Bonchev–Trinajstić information content (AvgIpc) is 3.34. The third kappa shape index (κ3) is 4.22. The van der Waals surface area contributed by atoms with Crippen molar-refractivity contribution in [3.63, 3.8) is 0 Å². The molecule has 0 spiro atoms. The second-order valence-corrected chi connectivity index (χ2v) is 7.55. The molecule has 33 heavy (non-hydrogen) atoms. The van der Waals surface area contributed by atoms with Gasteiger partial charge in [-0.05, 0) is 54.1 Å². The van der Waals surface area contributed by atoms with Crippen LogP contribution >= 0.6 is 11.6 Å². The molecule has 1 N–H and O–H groups in total. The molecule has 1 aliphatic rings. The van der Waals surface area contributed by atoms with Crippen molar-refractivity contribution >= 4 is 23.3 Å². The van der Waals surface area contributed by atoms with Gasteiger partial charge in [-0.1, -0.05) is 23.7 Å². The lowest BCUT2D eigenvalue weighted by molar-refractivity contribution is -0.286. The maximum absolute atomic E-state index is 13.4. The van der Waals surface area contributed by atoms with Crippen molar-refractivity contribution in [2.24, 2.45) is 0 Å². The molecule has 2 heterocycles. The smallest absolute Gasteiger partial charge is 0.395 e. The number of nitrogens with zero attached hydrogens (tertiary/aromatic N) is 2. The molecule has 0 atom stereocenters. The molecule has 0 bridgehead atoms. The van der Waals surface area contributed by atoms with Gasteiger partial charge in [0.1, 0.15) is 11.5 Å². The van der Waals surface area contributed by atoms with Gasteiger partial charge >= 0.3 is 12.3 Å². The Labute approximate surface area is 190 Å². The highest BCUT2D eigenvalue weighted by molar-refractivity contribution is 6.30. The SMILES string of the molecule is O=C(Nc1ccc2c(c1)OC(F)(F)O2)n1cc(-c2ccc(Cl)cc2)c(-c2ccc(F)cc2)n1. The van der Waals surface area contributed by atoms with E-state index in [-0.39, 0.29) is 17.2 Å². The van der Waals surface area contributed by atoms with Gasteiger partial charge in [0, 0.05) is 34.1 Å². The van der Waals surface area contributed by atoms with E-state index in [4.69, 9.17) is 11.6 Å². The number of amides is 1. The number of rotatable bonds is 3. The summed E-state index contributed by atoms with van der Waals surface area (Å²) in [5.41, 5.74) is 2.59. The van der Waals surface area contributed by atoms with Gasteiger partial charge in [-0.2, -0.15) is 9.78 Å². The van der Waals surface area contributed by atoms with Crippen LogP contribution in [0.3, 0.4) is 0 Å². The Balaban J connectivity index is 1.48. The van der Waals surface area contributed by atoms with E-state index >= 15 is 0 Å². The number of alkyl halides is 2. The van der Waals surface area contributed by atoms with Gasteiger partial charge in [0.25, 0.3) is 0 Å². The molecule has 4 aromatic rings. The van der Waals surface area contributed by atoms with Crippen molar-refractivity contribution in [1.29, 1.82) is 0 Å². The molecule has 0 unspecified atom stereocenters. The molecule has 6 nitrogen and oxygen atoms in total. The number of carbonyl (C=O) groups excluding carboxylic acids is 1. The second-order valence-electron chi connectivity index (χ2n) is 7.11. The Morgan fingerprint density at radius 1 is 0.939 bits per heavy atom. The van der Waals surface area contributed by atoms with Crippen molar-refractivity contribution in [3.05, 3.63) is 83.8 Å². The first-order chi connectivity index (χ1) is 15.8. The van der Waals surface area contributed by atoms with E-state index in [2.05, 4.69) is 19.9 Å². The van der Waals surface area contributed by atoms with Crippen molar-refractivity contribution in [2.75, 3.05) is 5.32 Å². The zero-order valence-electron chi connectivity index (χ0n) is 16.6. The fourth-order valence-electron chi connectivity index (χ4n) is 3.35. The molecule has 0 saturated heterocycles. The molecule has 0 fully saturated rings. The van der Waals surface area contributed by atoms with Crippen LogP contribution in [0.25, 0.3) is 22.4 Å². The number of ether oxygens (including phenoxy) is 2. The lowest BCUT2D eigenvalue weighted by Crippen LogP contribution is -2.25. The Morgan fingerprint density at radius 3 is 2.33 bits per heavy atom. The molecule has 1 aromatic heterocycles. The van der Waals surface area contributed by atoms with E-state index in [9.17, 15) is 18.0 Å². The number of hydrogen-bond donors (Lipinski definition) is 1. The van der Waals surface area contributed by atoms with Crippen molar-refractivity contribution in [2.45, 2.75) is 6.29 Å². The third-order valence-corrected chi connectivity index (χ3v) is 5.10. The van der Waals surface area contributed by atoms with Gasteiger partial charge in [0.2, 0.25) is 0 Å². The molecule has 3 aromatic carbocycles. The highest BCUT2D eigenvalue weighted by atomic mass is 35.5. The summed E-state index contributed by atoms with van der Waals surface area (Å²) in [6.07, 6.45) is -2.25. The minimum atomic E-state index is -3.76. The predicted molar refractivity (Wildman–Crippen MR) is 115 cm³/mol. The molecule has 1 amide bonds. The number of benzene rings is 3. The number of hydrogen-bond acceptors (Lipinski definition) is 4. The number of nitrogens with one attached hydrogen (secondary N) is 1. The Kier molecular flexibility index (Phi) is 4.98. The summed E-state index contributed by atoms with van der Waals surface area (Å²) < 4.78 is 49.7. The highest BCUT2D eigenvalue weighted by Gasteiger charge is 2.43. The summed E-state index contributed by atoms with van der Waals surface area (Å²) in [5.74, 6) is -0.745. The van der Waals surface area contributed by atoms with E-state index in [1.54, 1.807) is 36.4 Å². The summed E-state index contributed by atoms with van der Waals surface area (Å²) in [7, 11) is 0. The third-order valence-electron chi connectivity index (χ3n) is 4.85. The maximum atomic E-state index is 13.4. The number of fused-ring (bicyclic) bond motifs is 1. The van der Waals surface area contributed by atoms with Crippen LogP contribution < -0.4 is 14.8 Å². The monoisotopic (exact) mass is 471 g/mol. The van der Waals surface area contributed by atoms with Crippen LogP contribution in [0, 0.1) is 5.82 Å².